The fourth-order valence-corrected chi connectivity index (χ4v) is 1.22. The molecule has 0 fully saturated rings. The molecule has 3 heteroatoms. The first-order valence-corrected chi connectivity index (χ1v) is 3.58. The van der Waals surface area contributed by atoms with E-state index in [1.54, 1.807) is 6.08 Å². The lowest BCUT2D eigenvalue weighted by Crippen LogP contribution is -2.18. The van der Waals surface area contributed by atoms with Crippen molar-refractivity contribution in [2.45, 2.75) is 10.8 Å². The number of aliphatic hydroxyl groups is 1. The minimum Gasteiger partial charge on any atom is -0.509 e. The zero-order valence-corrected chi connectivity index (χ0v) is 6.78. The molecule has 0 saturated carbocycles. The fraction of sp³-hybridized carbons (Fsp3) is 0.286. The molecule has 0 aliphatic heterocycles. The Bertz CT molecular complexity index is 204. The Morgan fingerprint density at radius 3 is 2.50 bits per heavy atom. The average Bonchev–Trinajstić information content (AvgIpc) is 1.78. The van der Waals surface area contributed by atoms with Crippen molar-refractivity contribution in [2.24, 2.45) is 0 Å². The van der Waals surface area contributed by atoms with Gasteiger partial charge in [-0.15, -0.1) is 0 Å². The highest BCUT2D eigenvalue weighted by atomic mass is 35.5. The number of hydrogen-bond acceptors (Lipinski definition) is 1. The summed E-state index contributed by atoms with van der Waals surface area (Å²) in [4.78, 5) is 0. The van der Waals surface area contributed by atoms with Gasteiger partial charge >= 0.3 is 0 Å². The molecule has 0 spiro atoms. The van der Waals surface area contributed by atoms with Crippen molar-refractivity contribution >= 4 is 23.2 Å². The van der Waals surface area contributed by atoms with Gasteiger partial charge in [-0.25, -0.2) is 0 Å². The van der Waals surface area contributed by atoms with Crippen LogP contribution in [0.25, 0.3) is 0 Å². The zero-order valence-electron chi connectivity index (χ0n) is 5.27. The van der Waals surface area contributed by atoms with Crippen molar-refractivity contribution in [3.63, 3.8) is 0 Å². The van der Waals surface area contributed by atoms with E-state index < -0.39 is 4.33 Å². The first kappa shape index (κ1) is 7.96. The van der Waals surface area contributed by atoms with Crippen LogP contribution in [0.5, 0.6) is 0 Å². The van der Waals surface area contributed by atoms with Crippen LogP contribution >= 0.6 is 23.2 Å². The summed E-state index contributed by atoms with van der Waals surface area (Å²) in [5.41, 5.74) is 0.822. The van der Waals surface area contributed by atoms with Gasteiger partial charge in [-0.3, -0.25) is 0 Å². The quantitative estimate of drug-likeness (QED) is 0.565. The molecule has 0 heterocycles. The number of rotatable bonds is 0. The molecule has 1 rings (SSSR count). The summed E-state index contributed by atoms with van der Waals surface area (Å²) in [5.74, 6) is -0.0109. The predicted molar refractivity (Wildman–Crippen MR) is 43.2 cm³/mol. The molecule has 55 valence electrons. The van der Waals surface area contributed by atoms with Crippen LogP contribution in [0.4, 0.5) is 0 Å². The van der Waals surface area contributed by atoms with E-state index in [0.29, 0.717) is 6.42 Å². The van der Waals surface area contributed by atoms with Crippen molar-refractivity contribution < 1.29 is 5.11 Å². The molecule has 1 nitrogen and oxygen atoms in total. The van der Waals surface area contributed by atoms with Crippen LogP contribution in [0.2, 0.25) is 0 Å². The van der Waals surface area contributed by atoms with E-state index in [1.807, 2.05) is 0 Å². The molecule has 0 saturated heterocycles. The van der Waals surface area contributed by atoms with Crippen LogP contribution in [-0.4, -0.2) is 9.44 Å². The second-order valence-electron chi connectivity index (χ2n) is 2.26. The van der Waals surface area contributed by atoms with Crippen LogP contribution in [0.3, 0.4) is 0 Å². The fourth-order valence-electron chi connectivity index (χ4n) is 0.753. The molecule has 0 amide bonds. The van der Waals surface area contributed by atoms with Gasteiger partial charge in [-0.1, -0.05) is 34.9 Å². The topological polar surface area (TPSA) is 20.2 Å². The van der Waals surface area contributed by atoms with Crippen LogP contribution in [0.1, 0.15) is 6.42 Å². The van der Waals surface area contributed by atoms with Crippen molar-refractivity contribution in [3.05, 3.63) is 30.4 Å². The third-order valence-corrected chi connectivity index (χ3v) is 1.96. The van der Waals surface area contributed by atoms with Crippen molar-refractivity contribution in [2.75, 3.05) is 0 Å². The van der Waals surface area contributed by atoms with Gasteiger partial charge in [0.05, 0.1) is 0 Å². The Morgan fingerprint density at radius 2 is 2.10 bits per heavy atom. The maximum atomic E-state index is 9.08. The maximum Gasteiger partial charge on any atom is 0.178 e. The van der Waals surface area contributed by atoms with E-state index in [2.05, 4.69) is 6.92 Å². The van der Waals surface area contributed by atoms with Gasteiger partial charge in [-0.2, -0.15) is 0 Å². The summed E-state index contributed by atoms with van der Waals surface area (Å²) in [6.45, 7) is 3.66. The molecular formula is C7H7Cl2O. The van der Waals surface area contributed by atoms with E-state index in [-0.39, 0.29) is 5.76 Å². The largest absolute Gasteiger partial charge is 0.509 e. The third-order valence-electron chi connectivity index (χ3n) is 1.30. The predicted octanol–water partition coefficient (Wildman–Crippen LogP) is 2.77. The highest BCUT2D eigenvalue weighted by molar-refractivity contribution is 6.50. The molecule has 1 radical (unpaired) electrons. The molecular weight excluding hydrogens is 171 g/mol. The summed E-state index contributed by atoms with van der Waals surface area (Å²) in [6, 6.07) is 0. The molecule has 0 aromatic heterocycles. The van der Waals surface area contributed by atoms with E-state index in [4.69, 9.17) is 28.3 Å². The van der Waals surface area contributed by atoms with Crippen LogP contribution in [0.15, 0.2) is 23.5 Å². The van der Waals surface area contributed by atoms with E-state index >= 15 is 0 Å². The van der Waals surface area contributed by atoms with Crippen molar-refractivity contribution in [1.82, 2.24) is 0 Å². The molecule has 0 aromatic rings. The number of halogens is 2. The Kier molecular flexibility index (Phi) is 1.97. The Labute approximate surface area is 69.9 Å². The number of hydrogen-bond donors (Lipinski definition) is 1. The minimum absolute atomic E-state index is 0.0109. The van der Waals surface area contributed by atoms with E-state index in [9.17, 15) is 0 Å². The normalized spacial score (nSPS) is 23.5. The second-order valence-corrected chi connectivity index (χ2v) is 3.74. The lowest BCUT2D eigenvalue weighted by molar-refractivity contribution is 0.377. The summed E-state index contributed by atoms with van der Waals surface area (Å²) < 4.78 is -1.16. The molecule has 0 bridgehead atoms. The van der Waals surface area contributed by atoms with Gasteiger partial charge in [0.2, 0.25) is 0 Å². The Morgan fingerprint density at radius 1 is 1.50 bits per heavy atom. The SMILES string of the molecule is [CH2]C1=CC=C(O)C(Cl)(Cl)C1. The highest BCUT2D eigenvalue weighted by Gasteiger charge is 2.31. The standard InChI is InChI=1S/C7H7Cl2O/c1-5-2-3-6(10)7(8,9)4-5/h2-3,10H,1,4H2. The van der Waals surface area contributed by atoms with Gasteiger partial charge in [0.15, 0.2) is 4.33 Å². The van der Waals surface area contributed by atoms with Crippen molar-refractivity contribution in [1.29, 1.82) is 0 Å². The maximum absolute atomic E-state index is 9.08. The highest BCUT2D eigenvalue weighted by Crippen LogP contribution is 2.37. The first-order chi connectivity index (χ1) is 4.52. The summed E-state index contributed by atoms with van der Waals surface area (Å²) in [5, 5.41) is 9.08. The second kappa shape index (κ2) is 2.48. The minimum atomic E-state index is -1.16. The molecule has 0 aromatic carbocycles. The van der Waals surface area contributed by atoms with E-state index in [1.165, 1.54) is 6.08 Å². The lowest BCUT2D eigenvalue weighted by Gasteiger charge is -2.21. The molecule has 1 aliphatic carbocycles. The number of allylic oxidation sites excluding steroid dienone is 4. The average molecular weight is 178 g/mol. The van der Waals surface area contributed by atoms with Gasteiger partial charge in [0.25, 0.3) is 0 Å². The molecule has 10 heavy (non-hydrogen) atoms. The molecule has 0 unspecified atom stereocenters. The van der Waals surface area contributed by atoms with E-state index in [0.717, 1.165) is 5.57 Å². The third kappa shape index (κ3) is 1.47. The van der Waals surface area contributed by atoms with Gasteiger partial charge in [-0.05, 0) is 13.0 Å². The van der Waals surface area contributed by atoms with Crippen LogP contribution < -0.4 is 0 Å². The Hall–Kier alpha value is -0.140. The van der Waals surface area contributed by atoms with Crippen molar-refractivity contribution in [3.8, 4) is 0 Å². The first-order valence-electron chi connectivity index (χ1n) is 2.82. The number of aliphatic hydroxyl groups excluding tert-OH is 1. The number of alkyl halides is 2. The van der Waals surface area contributed by atoms with Crippen LogP contribution in [0, 0.1) is 6.92 Å². The zero-order chi connectivity index (χ0) is 7.78. The lowest BCUT2D eigenvalue weighted by atomic mass is 10.0. The molecule has 0 atom stereocenters. The van der Waals surface area contributed by atoms with Crippen LogP contribution in [-0.2, 0) is 0 Å². The molecule has 1 aliphatic rings. The summed E-state index contributed by atoms with van der Waals surface area (Å²) >= 11 is 11.4. The monoisotopic (exact) mass is 177 g/mol. The molecule has 1 N–H and O–H groups in total. The summed E-state index contributed by atoms with van der Waals surface area (Å²) in [7, 11) is 0. The summed E-state index contributed by atoms with van der Waals surface area (Å²) in [6.07, 6.45) is 3.54. The van der Waals surface area contributed by atoms with Gasteiger partial charge in [0, 0.05) is 6.42 Å². The van der Waals surface area contributed by atoms with Gasteiger partial charge in [0.1, 0.15) is 5.76 Å². The van der Waals surface area contributed by atoms with Gasteiger partial charge < -0.3 is 5.11 Å². The smallest absolute Gasteiger partial charge is 0.178 e. The Balaban J connectivity index is 2.89.